The van der Waals surface area contributed by atoms with E-state index < -0.39 is 12.0 Å². The molecule has 27 heavy (non-hydrogen) atoms. The number of thioether (sulfide) groups is 1. The number of likely N-dealkylation sites (N-methyl/N-ethyl adjacent to an activating group) is 1. The van der Waals surface area contributed by atoms with Crippen molar-refractivity contribution in [3.05, 3.63) is 54.1 Å². The van der Waals surface area contributed by atoms with Crippen LogP contribution in [0, 0.1) is 0 Å². The third kappa shape index (κ3) is 4.61. The molecule has 0 radical (unpaired) electrons. The quantitative estimate of drug-likeness (QED) is 0.771. The van der Waals surface area contributed by atoms with Gasteiger partial charge in [-0.3, -0.25) is 14.5 Å². The molecule has 1 aliphatic rings. The molecule has 7 heteroatoms. The summed E-state index contributed by atoms with van der Waals surface area (Å²) in [4.78, 5) is 29.2. The van der Waals surface area contributed by atoms with E-state index in [1.807, 2.05) is 30.3 Å². The highest BCUT2D eigenvalue weighted by atomic mass is 32.2. The van der Waals surface area contributed by atoms with Crippen molar-refractivity contribution >= 4 is 29.3 Å². The molecule has 2 aromatic rings. The standard InChI is InChI=1S/C20H23N3O3S/c1-22(11-14-7-9-15(27-2)10-8-14)13-19(24)23-12-18(20(21)25)26-17-6-4-3-5-16(17)23/h3-10,18H,11-13H2,1-2H3,(H2,21,25). The Balaban J connectivity index is 1.69. The van der Waals surface area contributed by atoms with Crippen molar-refractivity contribution in [3.63, 3.8) is 0 Å². The highest BCUT2D eigenvalue weighted by Crippen LogP contribution is 2.33. The molecular formula is C20H23N3O3S. The number of nitrogens with zero attached hydrogens (tertiary/aromatic N) is 2. The van der Waals surface area contributed by atoms with Gasteiger partial charge in [0.2, 0.25) is 5.91 Å². The van der Waals surface area contributed by atoms with E-state index in [0.717, 1.165) is 5.56 Å². The molecule has 2 aromatic carbocycles. The zero-order valence-electron chi connectivity index (χ0n) is 15.4. The van der Waals surface area contributed by atoms with Crippen LogP contribution in [0.2, 0.25) is 0 Å². The molecule has 2 amide bonds. The zero-order valence-corrected chi connectivity index (χ0v) is 16.2. The van der Waals surface area contributed by atoms with Crippen molar-refractivity contribution < 1.29 is 14.3 Å². The van der Waals surface area contributed by atoms with Crippen molar-refractivity contribution in [2.45, 2.75) is 17.5 Å². The van der Waals surface area contributed by atoms with E-state index >= 15 is 0 Å². The van der Waals surface area contributed by atoms with Crippen LogP contribution in [0.3, 0.4) is 0 Å². The normalized spacial score (nSPS) is 16.0. The molecule has 0 saturated carbocycles. The lowest BCUT2D eigenvalue weighted by molar-refractivity contribution is -0.125. The molecule has 3 rings (SSSR count). The van der Waals surface area contributed by atoms with E-state index in [4.69, 9.17) is 10.5 Å². The second-order valence-electron chi connectivity index (χ2n) is 6.50. The number of hydrogen-bond donors (Lipinski definition) is 1. The number of carbonyl (C=O) groups is 2. The van der Waals surface area contributed by atoms with Crippen LogP contribution in [0.4, 0.5) is 5.69 Å². The first kappa shape index (κ1) is 19.3. The van der Waals surface area contributed by atoms with Crippen LogP contribution in [-0.2, 0) is 16.1 Å². The van der Waals surface area contributed by atoms with Crippen molar-refractivity contribution in [3.8, 4) is 5.75 Å². The number of anilines is 1. The molecule has 0 spiro atoms. The highest BCUT2D eigenvalue weighted by molar-refractivity contribution is 7.98. The van der Waals surface area contributed by atoms with Gasteiger partial charge in [-0.25, -0.2) is 0 Å². The maximum absolute atomic E-state index is 12.9. The zero-order chi connectivity index (χ0) is 19.4. The number of nitrogens with two attached hydrogens (primary N) is 1. The summed E-state index contributed by atoms with van der Waals surface area (Å²) in [6.45, 7) is 1.01. The monoisotopic (exact) mass is 385 g/mol. The topological polar surface area (TPSA) is 75.9 Å². The summed E-state index contributed by atoms with van der Waals surface area (Å²) >= 11 is 1.70. The van der Waals surface area contributed by atoms with E-state index in [9.17, 15) is 9.59 Å². The van der Waals surface area contributed by atoms with E-state index in [0.29, 0.717) is 18.0 Å². The first-order valence-electron chi connectivity index (χ1n) is 8.64. The number of benzene rings is 2. The Bertz CT molecular complexity index is 825. The Kier molecular flexibility index (Phi) is 6.03. The molecular weight excluding hydrogens is 362 g/mol. The Hall–Kier alpha value is -2.51. The molecule has 1 unspecified atom stereocenters. The number of para-hydroxylation sites is 2. The average molecular weight is 385 g/mol. The SMILES string of the molecule is CSc1ccc(CN(C)CC(=O)N2CC(C(N)=O)Oc3ccccc32)cc1. The Morgan fingerprint density at radius 1 is 1.22 bits per heavy atom. The largest absolute Gasteiger partial charge is 0.477 e. The average Bonchev–Trinajstić information content (AvgIpc) is 2.67. The van der Waals surface area contributed by atoms with Gasteiger partial charge >= 0.3 is 0 Å². The molecule has 0 aliphatic carbocycles. The van der Waals surface area contributed by atoms with Crippen LogP contribution in [0.1, 0.15) is 5.56 Å². The molecule has 1 atom stereocenters. The minimum absolute atomic E-state index is 0.0970. The molecule has 142 valence electrons. The van der Waals surface area contributed by atoms with Gasteiger partial charge in [0.1, 0.15) is 5.75 Å². The maximum atomic E-state index is 12.9. The van der Waals surface area contributed by atoms with E-state index in [1.54, 1.807) is 28.8 Å². The minimum Gasteiger partial charge on any atom is -0.477 e. The van der Waals surface area contributed by atoms with Gasteiger partial charge in [0.05, 0.1) is 18.8 Å². The molecule has 0 saturated heterocycles. The molecule has 1 heterocycles. The first-order valence-corrected chi connectivity index (χ1v) is 9.87. The summed E-state index contributed by atoms with van der Waals surface area (Å²) in [6.07, 6.45) is 1.20. The maximum Gasteiger partial charge on any atom is 0.260 e. The fourth-order valence-electron chi connectivity index (χ4n) is 3.03. The van der Waals surface area contributed by atoms with Gasteiger partial charge in [-0.05, 0) is 43.1 Å². The van der Waals surface area contributed by atoms with Gasteiger partial charge in [-0.1, -0.05) is 24.3 Å². The predicted molar refractivity (Wildman–Crippen MR) is 107 cm³/mol. The third-order valence-corrected chi connectivity index (χ3v) is 5.15. The van der Waals surface area contributed by atoms with Crippen molar-refractivity contribution in [2.24, 2.45) is 5.73 Å². The van der Waals surface area contributed by atoms with Crippen LogP contribution < -0.4 is 15.4 Å². The van der Waals surface area contributed by atoms with Gasteiger partial charge in [-0.15, -0.1) is 11.8 Å². The fourth-order valence-corrected chi connectivity index (χ4v) is 3.44. The van der Waals surface area contributed by atoms with Crippen LogP contribution >= 0.6 is 11.8 Å². The van der Waals surface area contributed by atoms with Gasteiger partial charge in [0.15, 0.2) is 6.10 Å². The highest BCUT2D eigenvalue weighted by Gasteiger charge is 2.32. The fraction of sp³-hybridized carbons (Fsp3) is 0.300. The van der Waals surface area contributed by atoms with Crippen molar-refractivity contribution in [2.75, 3.05) is 31.3 Å². The lowest BCUT2D eigenvalue weighted by Crippen LogP contribution is -2.51. The number of fused-ring (bicyclic) bond motifs is 1. The second kappa shape index (κ2) is 8.45. The van der Waals surface area contributed by atoms with Gasteiger partial charge in [-0.2, -0.15) is 0 Å². The third-order valence-electron chi connectivity index (χ3n) is 4.41. The number of carbonyl (C=O) groups excluding carboxylic acids is 2. The number of amides is 2. The molecule has 2 N–H and O–H groups in total. The van der Waals surface area contributed by atoms with Crippen molar-refractivity contribution in [1.29, 1.82) is 0 Å². The Labute approximate surface area is 163 Å². The Morgan fingerprint density at radius 2 is 1.93 bits per heavy atom. The predicted octanol–water partition coefficient (Wildman–Crippen LogP) is 2.12. The number of ether oxygens (including phenoxy) is 1. The minimum atomic E-state index is -0.840. The molecule has 0 bridgehead atoms. The molecule has 0 aromatic heterocycles. The van der Waals surface area contributed by atoms with Crippen LogP contribution in [-0.4, -0.2) is 49.2 Å². The van der Waals surface area contributed by atoms with E-state index in [1.165, 1.54) is 4.90 Å². The van der Waals surface area contributed by atoms with Crippen LogP contribution in [0.25, 0.3) is 0 Å². The summed E-state index contributed by atoms with van der Waals surface area (Å²) in [5.74, 6) is -0.180. The van der Waals surface area contributed by atoms with Crippen LogP contribution in [0.5, 0.6) is 5.75 Å². The Morgan fingerprint density at radius 3 is 2.59 bits per heavy atom. The van der Waals surface area contributed by atoms with E-state index in [2.05, 4.69) is 24.3 Å². The summed E-state index contributed by atoms with van der Waals surface area (Å²) in [5.41, 5.74) is 7.20. The second-order valence-corrected chi connectivity index (χ2v) is 7.38. The summed E-state index contributed by atoms with van der Waals surface area (Å²) in [5, 5.41) is 0. The van der Waals surface area contributed by atoms with Gasteiger partial charge in [0.25, 0.3) is 5.91 Å². The summed E-state index contributed by atoms with van der Waals surface area (Å²) in [6, 6.07) is 15.5. The summed E-state index contributed by atoms with van der Waals surface area (Å²) in [7, 11) is 1.90. The number of rotatable bonds is 6. The lowest BCUT2D eigenvalue weighted by Gasteiger charge is -2.34. The first-order chi connectivity index (χ1) is 13.0. The van der Waals surface area contributed by atoms with Gasteiger partial charge < -0.3 is 15.4 Å². The number of hydrogen-bond acceptors (Lipinski definition) is 5. The molecule has 6 nitrogen and oxygen atoms in total. The van der Waals surface area contributed by atoms with Crippen molar-refractivity contribution in [1.82, 2.24) is 4.90 Å². The summed E-state index contributed by atoms with van der Waals surface area (Å²) < 4.78 is 5.61. The van der Waals surface area contributed by atoms with Crippen LogP contribution in [0.15, 0.2) is 53.4 Å². The lowest BCUT2D eigenvalue weighted by atomic mass is 10.1. The van der Waals surface area contributed by atoms with Gasteiger partial charge in [0, 0.05) is 11.4 Å². The smallest absolute Gasteiger partial charge is 0.260 e. The van der Waals surface area contributed by atoms with E-state index in [-0.39, 0.29) is 19.0 Å². The number of primary amides is 1. The molecule has 0 fully saturated rings. The molecule has 1 aliphatic heterocycles.